The molecule has 1 aromatic heterocycles. The van der Waals surface area contributed by atoms with Gasteiger partial charge in [-0.1, -0.05) is 5.21 Å². The third kappa shape index (κ3) is 3.36. The largest absolute Gasteiger partial charge is 0.309 e. The lowest BCUT2D eigenvalue weighted by Gasteiger charge is -2.10. The first-order valence-corrected chi connectivity index (χ1v) is 6.23. The lowest BCUT2D eigenvalue weighted by molar-refractivity contribution is 0.111. The predicted octanol–water partition coefficient (Wildman–Crippen LogP) is 0.995. The van der Waals surface area contributed by atoms with Crippen LogP contribution < -0.4 is 0 Å². The zero-order valence-electron chi connectivity index (χ0n) is 10.6. The van der Waals surface area contributed by atoms with Gasteiger partial charge in [0.2, 0.25) is 0 Å². The Hall–Kier alpha value is -1.23. The molecule has 1 heterocycles. The second-order valence-corrected chi connectivity index (χ2v) is 5.07. The monoisotopic (exact) mass is 236 g/mol. The lowest BCUT2D eigenvalue weighted by Crippen LogP contribution is -2.16. The van der Waals surface area contributed by atoms with Gasteiger partial charge < -0.3 is 4.90 Å². The van der Waals surface area contributed by atoms with Gasteiger partial charge in [-0.05, 0) is 52.2 Å². The Morgan fingerprint density at radius 3 is 2.82 bits per heavy atom. The first-order chi connectivity index (χ1) is 8.20. The lowest BCUT2D eigenvalue weighted by atomic mass is 10.2. The first kappa shape index (κ1) is 12.2. The third-order valence-electron chi connectivity index (χ3n) is 3.13. The van der Waals surface area contributed by atoms with Crippen molar-refractivity contribution in [1.29, 1.82) is 0 Å². The van der Waals surface area contributed by atoms with Crippen LogP contribution in [0.25, 0.3) is 0 Å². The number of carbonyl (C=O) groups is 1. The molecule has 1 aliphatic carbocycles. The molecule has 0 radical (unpaired) electrons. The molecule has 1 aliphatic rings. The zero-order chi connectivity index (χ0) is 12.3. The second-order valence-electron chi connectivity index (χ2n) is 5.07. The van der Waals surface area contributed by atoms with Crippen molar-refractivity contribution in [2.75, 3.05) is 20.6 Å². The minimum Gasteiger partial charge on any atom is -0.309 e. The molecule has 0 N–H and O–H groups in total. The van der Waals surface area contributed by atoms with Crippen LogP contribution in [-0.4, -0.2) is 46.8 Å². The summed E-state index contributed by atoms with van der Waals surface area (Å²) in [6.07, 6.45) is 5.38. The van der Waals surface area contributed by atoms with Crippen LogP contribution in [0.1, 0.15) is 35.4 Å². The van der Waals surface area contributed by atoms with E-state index in [1.165, 1.54) is 12.8 Å². The molecule has 0 aliphatic heterocycles. The molecule has 0 atom stereocenters. The van der Waals surface area contributed by atoms with Crippen molar-refractivity contribution in [2.45, 2.75) is 32.2 Å². The topological polar surface area (TPSA) is 51.0 Å². The summed E-state index contributed by atoms with van der Waals surface area (Å²) in [7, 11) is 4.12. The van der Waals surface area contributed by atoms with Crippen LogP contribution in [0.5, 0.6) is 0 Å². The molecular formula is C12H20N4O. The van der Waals surface area contributed by atoms with Crippen LogP contribution in [0.4, 0.5) is 0 Å². The molecule has 0 saturated heterocycles. The Balaban J connectivity index is 1.98. The molecule has 0 bridgehead atoms. The minimum atomic E-state index is 0.529. The maximum absolute atomic E-state index is 10.9. The maximum atomic E-state index is 10.9. The van der Waals surface area contributed by atoms with Gasteiger partial charge in [-0.2, -0.15) is 0 Å². The summed E-state index contributed by atoms with van der Waals surface area (Å²) in [5.41, 5.74) is 1.56. The van der Waals surface area contributed by atoms with E-state index in [1.54, 1.807) is 0 Å². The molecule has 1 saturated carbocycles. The molecule has 0 unspecified atom stereocenters. The van der Waals surface area contributed by atoms with Crippen molar-refractivity contribution in [1.82, 2.24) is 19.9 Å². The smallest absolute Gasteiger partial charge is 0.172 e. The van der Waals surface area contributed by atoms with Crippen LogP contribution in [0, 0.1) is 5.92 Å². The van der Waals surface area contributed by atoms with Gasteiger partial charge in [-0.25, -0.2) is 4.68 Å². The van der Waals surface area contributed by atoms with Crippen molar-refractivity contribution in [2.24, 2.45) is 5.92 Å². The Labute approximate surface area is 102 Å². The maximum Gasteiger partial charge on any atom is 0.172 e. The van der Waals surface area contributed by atoms with E-state index in [1.807, 2.05) is 4.68 Å². The quantitative estimate of drug-likeness (QED) is 0.663. The fraction of sp³-hybridized carbons (Fsp3) is 0.750. The summed E-state index contributed by atoms with van der Waals surface area (Å²) in [6.45, 7) is 1.88. The normalized spacial score (nSPS) is 15.5. The summed E-state index contributed by atoms with van der Waals surface area (Å²) >= 11 is 0. The second kappa shape index (κ2) is 5.40. The van der Waals surface area contributed by atoms with E-state index in [0.29, 0.717) is 5.69 Å². The number of aromatic nitrogens is 3. The van der Waals surface area contributed by atoms with Crippen molar-refractivity contribution in [3.05, 3.63) is 11.4 Å². The average molecular weight is 236 g/mol. The van der Waals surface area contributed by atoms with Gasteiger partial charge in [0.05, 0.1) is 5.69 Å². The third-order valence-corrected chi connectivity index (χ3v) is 3.13. The van der Waals surface area contributed by atoms with E-state index in [2.05, 4.69) is 29.3 Å². The Kier molecular flexibility index (Phi) is 3.89. The molecule has 0 aromatic carbocycles. The highest BCUT2D eigenvalue weighted by Crippen LogP contribution is 2.32. The summed E-state index contributed by atoms with van der Waals surface area (Å²) in [4.78, 5) is 13.1. The van der Waals surface area contributed by atoms with E-state index in [4.69, 9.17) is 0 Å². The highest BCUT2D eigenvalue weighted by molar-refractivity contribution is 5.73. The zero-order valence-corrected chi connectivity index (χ0v) is 10.6. The van der Waals surface area contributed by atoms with E-state index < -0.39 is 0 Å². The fourth-order valence-corrected chi connectivity index (χ4v) is 1.96. The fourth-order valence-electron chi connectivity index (χ4n) is 1.96. The molecule has 17 heavy (non-hydrogen) atoms. The van der Waals surface area contributed by atoms with E-state index in [9.17, 15) is 4.79 Å². The number of rotatable bonds is 7. The number of aldehydes is 1. The Morgan fingerprint density at radius 1 is 1.47 bits per heavy atom. The van der Waals surface area contributed by atoms with Crippen LogP contribution >= 0.6 is 0 Å². The molecule has 5 heteroatoms. The minimum absolute atomic E-state index is 0.529. The van der Waals surface area contributed by atoms with E-state index in [0.717, 1.165) is 43.8 Å². The number of carbonyl (C=O) groups excluding carboxylic acids is 1. The standard InChI is InChI=1S/C12H20N4O/c1-15(2)6-3-7-16-12(8-10-4-5-10)11(9-17)13-14-16/h9-10H,3-8H2,1-2H3. The van der Waals surface area contributed by atoms with Crippen LogP contribution in [0.2, 0.25) is 0 Å². The van der Waals surface area contributed by atoms with Crippen molar-refractivity contribution in [3.63, 3.8) is 0 Å². The van der Waals surface area contributed by atoms with Gasteiger partial charge in [-0.3, -0.25) is 4.79 Å². The summed E-state index contributed by atoms with van der Waals surface area (Å²) in [5.74, 6) is 0.750. The Bertz CT molecular complexity index is 382. The molecule has 5 nitrogen and oxygen atoms in total. The summed E-state index contributed by atoms with van der Waals surface area (Å²) in [5, 5.41) is 8.03. The van der Waals surface area contributed by atoms with Gasteiger partial charge in [0.25, 0.3) is 0 Å². The van der Waals surface area contributed by atoms with Gasteiger partial charge in [-0.15, -0.1) is 5.10 Å². The molecule has 1 fully saturated rings. The molecule has 2 rings (SSSR count). The number of hydrogen-bond acceptors (Lipinski definition) is 4. The number of hydrogen-bond donors (Lipinski definition) is 0. The molecular weight excluding hydrogens is 216 g/mol. The summed E-state index contributed by atoms with van der Waals surface area (Å²) in [6, 6.07) is 0. The van der Waals surface area contributed by atoms with Crippen molar-refractivity contribution >= 4 is 6.29 Å². The average Bonchev–Trinajstić information content (AvgIpc) is 3.01. The number of nitrogens with zero attached hydrogens (tertiary/aromatic N) is 4. The molecule has 0 amide bonds. The van der Waals surface area contributed by atoms with Crippen LogP contribution in [0.15, 0.2) is 0 Å². The Morgan fingerprint density at radius 2 is 2.24 bits per heavy atom. The predicted molar refractivity (Wildman–Crippen MR) is 65.0 cm³/mol. The molecule has 94 valence electrons. The highest BCUT2D eigenvalue weighted by Gasteiger charge is 2.25. The van der Waals surface area contributed by atoms with Crippen molar-refractivity contribution in [3.8, 4) is 0 Å². The van der Waals surface area contributed by atoms with Crippen LogP contribution in [-0.2, 0) is 13.0 Å². The van der Waals surface area contributed by atoms with Gasteiger partial charge >= 0.3 is 0 Å². The molecule has 1 aromatic rings. The van der Waals surface area contributed by atoms with Crippen LogP contribution in [0.3, 0.4) is 0 Å². The van der Waals surface area contributed by atoms with Crippen molar-refractivity contribution < 1.29 is 4.79 Å². The van der Waals surface area contributed by atoms with Gasteiger partial charge in [0.15, 0.2) is 6.29 Å². The van der Waals surface area contributed by atoms with Gasteiger partial charge in [0, 0.05) is 6.54 Å². The summed E-state index contributed by atoms with van der Waals surface area (Å²) < 4.78 is 1.91. The van der Waals surface area contributed by atoms with E-state index in [-0.39, 0.29) is 0 Å². The number of aryl methyl sites for hydroxylation is 1. The SMILES string of the molecule is CN(C)CCCn1nnc(C=O)c1CC1CC1. The first-order valence-electron chi connectivity index (χ1n) is 6.23. The highest BCUT2D eigenvalue weighted by atomic mass is 16.1. The van der Waals surface area contributed by atoms with E-state index >= 15 is 0 Å². The van der Waals surface area contributed by atoms with Gasteiger partial charge in [0.1, 0.15) is 5.69 Å². The molecule has 0 spiro atoms.